The largest absolute Gasteiger partial charge is 0.329 e. The van der Waals surface area contributed by atoms with Gasteiger partial charge in [-0.05, 0) is 49.2 Å². The molecule has 1 aromatic carbocycles. The van der Waals surface area contributed by atoms with Gasteiger partial charge < -0.3 is 10.6 Å². The highest BCUT2D eigenvalue weighted by molar-refractivity contribution is 8.09. The zero-order valence-corrected chi connectivity index (χ0v) is 18.5. The van der Waals surface area contributed by atoms with E-state index >= 15 is 0 Å². The molecule has 9 heteroatoms. The van der Waals surface area contributed by atoms with Gasteiger partial charge in [0.2, 0.25) is 5.91 Å². The van der Waals surface area contributed by atoms with Crippen LogP contribution < -0.4 is 15.5 Å². The number of imide groups is 1. The van der Waals surface area contributed by atoms with Gasteiger partial charge in [-0.3, -0.25) is 4.79 Å². The third-order valence-electron chi connectivity index (χ3n) is 5.23. The first-order chi connectivity index (χ1) is 15.0. The number of carbonyl (C=O) groups excluding carboxylic acids is 2. The van der Waals surface area contributed by atoms with Crippen molar-refractivity contribution in [2.75, 3.05) is 10.2 Å². The molecule has 0 saturated carbocycles. The number of amides is 3. The van der Waals surface area contributed by atoms with E-state index < -0.39 is 11.9 Å². The second kappa shape index (κ2) is 7.82. The number of nitrogens with zero attached hydrogens (tertiary/aromatic N) is 3. The molecule has 2 unspecified atom stereocenters. The van der Waals surface area contributed by atoms with E-state index in [1.54, 1.807) is 18.3 Å². The Kier molecular flexibility index (Phi) is 4.99. The fraction of sp³-hybridized carbons (Fsp3) is 0.182. The summed E-state index contributed by atoms with van der Waals surface area (Å²) in [5.41, 5.74) is 3.40. The number of para-hydroxylation sites is 1. The Morgan fingerprint density at radius 3 is 2.71 bits per heavy atom. The average molecular weight is 450 g/mol. The molecule has 31 heavy (non-hydrogen) atoms. The first-order valence-electron chi connectivity index (χ1n) is 9.74. The molecule has 3 amide bonds. The number of benzene rings is 1. The average Bonchev–Trinajstić information content (AvgIpc) is 3.33. The fourth-order valence-electron chi connectivity index (χ4n) is 3.74. The predicted octanol–water partition coefficient (Wildman–Crippen LogP) is 4.77. The number of carbonyl (C=O) groups is 2. The number of aromatic nitrogens is 2. The topological polar surface area (TPSA) is 87.2 Å². The molecule has 2 aromatic heterocycles. The number of rotatable bonds is 4. The van der Waals surface area contributed by atoms with E-state index in [2.05, 4.69) is 15.6 Å². The Bertz CT molecular complexity index is 1210. The van der Waals surface area contributed by atoms with Crippen LogP contribution in [0.4, 0.5) is 21.4 Å². The van der Waals surface area contributed by atoms with Crippen LogP contribution in [-0.2, 0) is 4.79 Å². The number of fused-ring (bicyclic) bond motifs is 1. The van der Waals surface area contributed by atoms with E-state index in [-0.39, 0.29) is 11.3 Å². The van der Waals surface area contributed by atoms with Crippen molar-refractivity contribution < 1.29 is 9.59 Å². The molecule has 0 aliphatic carbocycles. The van der Waals surface area contributed by atoms with Crippen molar-refractivity contribution in [3.63, 3.8) is 0 Å². The van der Waals surface area contributed by atoms with Gasteiger partial charge >= 0.3 is 6.03 Å². The Morgan fingerprint density at radius 1 is 1.13 bits per heavy atom. The number of thiazole rings is 1. The number of pyridine rings is 1. The fourth-order valence-corrected chi connectivity index (χ4v) is 5.93. The zero-order chi connectivity index (χ0) is 21.5. The minimum absolute atomic E-state index is 0.211. The van der Waals surface area contributed by atoms with Crippen molar-refractivity contribution in [1.82, 2.24) is 15.3 Å². The minimum atomic E-state index is -0.422. The van der Waals surface area contributed by atoms with Crippen LogP contribution in [0.25, 0.3) is 4.91 Å². The van der Waals surface area contributed by atoms with Gasteiger partial charge in [0.25, 0.3) is 0 Å². The summed E-state index contributed by atoms with van der Waals surface area (Å²) in [6.45, 7) is 3.95. The number of hydrogen-bond acceptors (Lipinski definition) is 7. The lowest BCUT2D eigenvalue weighted by atomic mass is 9.96. The molecule has 2 atom stereocenters. The summed E-state index contributed by atoms with van der Waals surface area (Å²) >= 11 is 2.96. The van der Waals surface area contributed by atoms with E-state index in [0.717, 1.165) is 32.7 Å². The van der Waals surface area contributed by atoms with Crippen molar-refractivity contribution in [2.24, 2.45) is 5.92 Å². The predicted molar refractivity (Wildman–Crippen MR) is 124 cm³/mol. The van der Waals surface area contributed by atoms with Crippen LogP contribution in [0.1, 0.15) is 18.2 Å². The first-order valence-corrected chi connectivity index (χ1v) is 11.5. The van der Waals surface area contributed by atoms with Crippen LogP contribution in [-0.4, -0.2) is 27.3 Å². The Morgan fingerprint density at radius 2 is 1.94 bits per heavy atom. The Labute approximate surface area is 187 Å². The lowest BCUT2D eigenvalue weighted by Gasteiger charge is -2.34. The van der Waals surface area contributed by atoms with Crippen LogP contribution in [0.2, 0.25) is 0 Å². The van der Waals surface area contributed by atoms with Gasteiger partial charge in [0.1, 0.15) is 5.82 Å². The number of aryl methyl sites for hydroxylation is 1. The molecule has 2 aliphatic rings. The van der Waals surface area contributed by atoms with Gasteiger partial charge in [0.05, 0.1) is 22.7 Å². The summed E-state index contributed by atoms with van der Waals surface area (Å²) in [5.74, 6) is 0.104. The second-order valence-electron chi connectivity index (χ2n) is 7.37. The third-order valence-corrected chi connectivity index (χ3v) is 7.40. The van der Waals surface area contributed by atoms with Crippen LogP contribution in [0.3, 0.4) is 0 Å². The van der Waals surface area contributed by atoms with Crippen LogP contribution in [0.15, 0.2) is 59.6 Å². The summed E-state index contributed by atoms with van der Waals surface area (Å²) < 4.78 is 0. The van der Waals surface area contributed by atoms with Gasteiger partial charge in [0.15, 0.2) is 5.13 Å². The molecular formula is C22H19N5O2S2. The number of nitrogens with one attached hydrogen (secondary N) is 2. The molecule has 0 bridgehead atoms. The number of anilines is 3. The molecule has 4 heterocycles. The van der Waals surface area contributed by atoms with Crippen molar-refractivity contribution >= 4 is 56.6 Å². The highest BCUT2D eigenvalue weighted by Gasteiger charge is 2.48. The number of urea groups is 1. The maximum Gasteiger partial charge on any atom is 0.329 e. The van der Waals surface area contributed by atoms with E-state index in [9.17, 15) is 9.59 Å². The third kappa shape index (κ3) is 3.60. The summed E-state index contributed by atoms with van der Waals surface area (Å²) in [5, 5.41) is 8.57. The van der Waals surface area contributed by atoms with Crippen molar-refractivity contribution in [3.05, 3.63) is 70.9 Å². The van der Waals surface area contributed by atoms with E-state index in [1.807, 2.05) is 49.6 Å². The van der Waals surface area contributed by atoms with Gasteiger partial charge in [-0.15, -0.1) is 11.3 Å². The van der Waals surface area contributed by atoms with E-state index in [0.29, 0.717) is 5.69 Å². The van der Waals surface area contributed by atoms with Crippen LogP contribution in [0, 0.1) is 12.8 Å². The molecule has 5 rings (SSSR count). The zero-order valence-electron chi connectivity index (χ0n) is 16.8. The molecule has 1 fully saturated rings. The van der Waals surface area contributed by atoms with Gasteiger partial charge in [-0.1, -0.05) is 30.0 Å². The summed E-state index contributed by atoms with van der Waals surface area (Å²) in [7, 11) is 0. The van der Waals surface area contributed by atoms with Crippen LogP contribution in [0.5, 0.6) is 0 Å². The molecule has 2 aliphatic heterocycles. The normalized spacial score (nSPS) is 20.6. The lowest BCUT2D eigenvalue weighted by molar-refractivity contribution is -0.121. The Hall–Kier alpha value is -3.17. The summed E-state index contributed by atoms with van der Waals surface area (Å²) in [6, 6.07) is 12.5. The maximum atomic E-state index is 13.3. The molecule has 2 N–H and O–H groups in total. The highest BCUT2D eigenvalue weighted by Crippen LogP contribution is 2.49. The molecule has 0 radical (unpaired) electrons. The quantitative estimate of drug-likeness (QED) is 0.597. The molecule has 0 spiro atoms. The highest BCUT2D eigenvalue weighted by atomic mass is 32.2. The number of thioether (sulfide) groups is 1. The van der Waals surface area contributed by atoms with Gasteiger partial charge in [0, 0.05) is 16.5 Å². The SMILES string of the molecule is CC1=C(c2csc(Nc3cc(C)ccn3)n2)SC2NC(=O)N(c3ccccc3)C(=O)C12. The van der Waals surface area contributed by atoms with Crippen molar-refractivity contribution in [2.45, 2.75) is 19.2 Å². The van der Waals surface area contributed by atoms with Crippen molar-refractivity contribution in [1.29, 1.82) is 0 Å². The van der Waals surface area contributed by atoms with E-state index in [4.69, 9.17) is 4.98 Å². The maximum absolute atomic E-state index is 13.3. The monoisotopic (exact) mass is 449 g/mol. The van der Waals surface area contributed by atoms with E-state index in [1.165, 1.54) is 28.0 Å². The molecule has 7 nitrogen and oxygen atoms in total. The standard InChI is InChI=1S/C22H19N5O2S2/c1-12-8-9-23-16(10-12)25-21-24-15(11-30-21)18-13(2)17-19(31-18)26-22(29)27(20(17)28)14-6-4-3-5-7-14/h3-11,17,19H,1-2H3,(H,26,29)(H,23,24,25). The number of hydrogen-bond donors (Lipinski definition) is 2. The molecule has 156 valence electrons. The Balaban J connectivity index is 1.41. The van der Waals surface area contributed by atoms with Crippen LogP contribution >= 0.6 is 23.1 Å². The smallest absolute Gasteiger partial charge is 0.324 e. The first kappa shape index (κ1) is 19.8. The van der Waals surface area contributed by atoms with Crippen molar-refractivity contribution in [3.8, 4) is 0 Å². The molecule has 3 aromatic rings. The van der Waals surface area contributed by atoms with Gasteiger partial charge in [-0.25, -0.2) is 19.7 Å². The molecular weight excluding hydrogens is 430 g/mol. The summed E-state index contributed by atoms with van der Waals surface area (Å²) in [4.78, 5) is 37.1. The second-order valence-corrected chi connectivity index (χ2v) is 9.38. The minimum Gasteiger partial charge on any atom is -0.324 e. The molecule has 1 saturated heterocycles. The van der Waals surface area contributed by atoms with Gasteiger partial charge in [-0.2, -0.15) is 0 Å². The lowest BCUT2D eigenvalue weighted by Crippen LogP contribution is -2.58. The summed E-state index contributed by atoms with van der Waals surface area (Å²) in [6.07, 6.45) is 1.75.